The predicted octanol–water partition coefficient (Wildman–Crippen LogP) is 4.55. The molecule has 0 bridgehead atoms. The first-order chi connectivity index (χ1) is 9.29. The highest BCUT2D eigenvalue weighted by Gasteiger charge is 2.25. The van der Waals surface area contributed by atoms with Crippen molar-refractivity contribution in [1.82, 2.24) is 0 Å². The number of carboxylic acid groups (broad SMARTS) is 1. The van der Waals surface area contributed by atoms with Crippen LogP contribution >= 0.6 is 0 Å². The molecule has 1 aromatic heterocycles. The zero-order chi connectivity index (χ0) is 15.1. The Bertz CT molecular complexity index is 657. The number of carboxylic acids is 1. The Balaban J connectivity index is 2.90. The van der Waals surface area contributed by atoms with Crippen LogP contribution in [0.5, 0.6) is 0 Å². The highest BCUT2D eigenvalue weighted by atomic mass is 16.4. The SMILES string of the molecule is CCc1cc(C(C)(C)C)c2oc(C(=O)O)c(CC)c2c1. The molecule has 0 unspecified atom stereocenters. The molecule has 20 heavy (non-hydrogen) atoms. The molecule has 108 valence electrons. The Kier molecular flexibility index (Phi) is 3.63. The number of rotatable bonds is 3. The van der Waals surface area contributed by atoms with Crippen LogP contribution in [0.4, 0.5) is 0 Å². The monoisotopic (exact) mass is 274 g/mol. The van der Waals surface area contributed by atoms with E-state index in [9.17, 15) is 9.90 Å². The van der Waals surface area contributed by atoms with Crippen molar-refractivity contribution in [2.75, 3.05) is 0 Å². The second kappa shape index (κ2) is 4.97. The smallest absolute Gasteiger partial charge is 0.372 e. The van der Waals surface area contributed by atoms with Crippen molar-refractivity contribution in [2.24, 2.45) is 0 Å². The average Bonchev–Trinajstić information content (AvgIpc) is 2.74. The molecule has 0 spiro atoms. The van der Waals surface area contributed by atoms with Crippen molar-refractivity contribution in [3.8, 4) is 0 Å². The zero-order valence-electron chi connectivity index (χ0n) is 12.8. The van der Waals surface area contributed by atoms with Gasteiger partial charge in [-0.25, -0.2) is 4.79 Å². The Hall–Kier alpha value is -1.77. The Morgan fingerprint density at radius 3 is 2.30 bits per heavy atom. The Labute approximate surface area is 119 Å². The molecule has 2 aromatic rings. The molecule has 1 heterocycles. The summed E-state index contributed by atoms with van der Waals surface area (Å²) in [6, 6.07) is 4.20. The third kappa shape index (κ3) is 2.33. The Morgan fingerprint density at radius 2 is 1.85 bits per heavy atom. The van der Waals surface area contributed by atoms with E-state index < -0.39 is 5.97 Å². The highest BCUT2D eigenvalue weighted by Crippen LogP contribution is 2.36. The van der Waals surface area contributed by atoms with Gasteiger partial charge in [0.25, 0.3) is 0 Å². The fraction of sp³-hybridized carbons (Fsp3) is 0.471. The van der Waals surface area contributed by atoms with Crippen LogP contribution in [0.3, 0.4) is 0 Å². The van der Waals surface area contributed by atoms with Gasteiger partial charge in [-0.05, 0) is 29.9 Å². The summed E-state index contributed by atoms with van der Waals surface area (Å²) in [7, 11) is 0. The number of hydrogen-bond donors (Lipinski definition) is 1. The van der Waals surface area contributed by atoms with Gasteiger partial charge in [0, 0.05) is 16.5 Å². The number of benzene rings is 1. The third-order valence-corrected chi connectivity index (χ3v) is 3.72. The van der Waals surface area contributed by atoms with Crippen LogP contribution in [0.15, 0.2) is 16.5 Å². The molecule has 3 heteroatoms. The summed E-state index contributed by atoms with van der Waals surface area (Å²) in [5, 5.41) is 10.3. The molecule has 0 saturated heterocycles. The predicted molar refractivity (Wildman–Crippen MR) is 80.6 cm³/mol. The van der Waals surface area contributed by atoms with Gasteiger partial charge in [0.2, 0.25) is 5.76 Å². The average molecular weight is 274 g/mol. The second-order valence-corrected chi connectivity index (χ2v) is 6.19. The van der Waals surface area contributed by atoms with E-state index in [0.29, 0.717) is 6.42 Å². The molecule has 0 saturated carbocycles. The van der Waals surface area contributed by atoms with Gasteiger partial charge in [0.1, 0.15) is 5.58 Å². The van der Waals surface area contributed by atoms with E-state index in [4.69, 9.17) is 4.42 Å². The van der Waals surface area contributed by atoms with Crippen LogP contribution in [-0.4, -0.2) is 11.1 Å². The van der Waals surface area contributed by atoms with E-state index >= 15 is 0 Å². The molecule has 0 atom stereocenters. The number of fused-ring (bicyclic) bond motifs is 1. The van der Waals surface area contributed by atoms with Gasteiger partial charge in [-0.1, -0.05) is 40.7 Å². The molecule has 0 aliphatic heterocycles. The maximum Gasteiger partial charge on any atom is 0.372 e. The molecule has 0 amide bonds. The van der Waals surface area contributed by atoms with Gasteiger partial charge in [0.15, 0.2) is 0 Å². The van der Waals surface area contributed by atoms with Gasteiger partial charge in [0.05, 0.1) is 0 Å². The number of aryl methyl sites for hydroxylation is 2. The Morgan fingerprint density at radius 1 is 1.20 bits per heavy atom. The van der Waals surface area contributed by atoms with Crippen LogP contribution in [0, 0.1) is 0 Å². The van der Waals surface area contributed by atoms with Crippen LogP contribution in [-0.2, 0) is 18.3 Å². The first kappa shape index (κ1) is 14.6. The summed E-state index contributed by atoms with van der Waals surface area (Å²) in [6.07, 6.45) is 1.58. The molecule has 1 N–H and O–H groups in total. The summed E-state index contributed by atoms with van der Waals surface area (Å²) < 4.78 is 5.71. The second-order valence-electron chi connectivity index (χ2n) is 6.19. The topological polar surface area (TPSA) is 50.4 Å². The van der Waals surface area contributed by atoms with Crippen LogP contribution in [0.25, 0.3) is 11.0 Å². The maximum atomic E-state index is 11.4. The normalized spacial score (nSPS) is 12.1. The van der Waals surface area contributed by atoms with Gasteiger partial charge >= 0.3 is 5.97 Å². The molecule has 2 rings (SSSR count). The molecular weight excluding hydrogens is 252 g/mol. The van der Waals surface area contributed by atoms with Crippen molar-refractivity contribution >= 4 is 16.9 Å². The molecular formula is C17H22O3. The van der Waals surface area contributed by atoms with E-state index in [-0.39, 0.29) is 11.2 Å². The van der Waals surface area contributed by atoms with Crippen LogP contribution in [0.2, 0.25) is 0 Å². The molecule has 0 radical (unpaired) electrons. The largest absolute Gasteiger partial charge is 0.475 e. The lowest BCUT2D eigenvalue weighted by Crippen LogP contribution is -2.12. The van der Waals surface area contributed by atoms with Gasteiger partial charge in [-0.2, -0.15) is 0 Å². The lowest BCUT2D eigenvalue weighted by molar-refractivity contribution is 0.0663. The van der Waals surface area contributed by atoms with E-state index in [0.717, 1.165) is 28.5 Å². The van der Waals surface area contributed by atoms with E-state index in [1.807, 2.05) is 6.92 Å². The van der Waals surface area contributed by atoms with E-state index in [1.165, 1.54) is 5.56 Å². The number of furan rings is 1. The van der Waals surface area contributed by atoms with Crippen molar-refractivity contribution < 1.29 is 14.3 Å². The minimum Gasteiger partial charge on any atom is -0.475 e. The lowest BCUT2D eigenvalue weighted by atomic mass is 9.84. The minimum atomic E-state index is -0.990. The maximum absolute atomic E-state index is 11.4. The molecule has 0 fully saturated rings. The van der Waals surface area contributed by atoms with E-state index in [2.05, 4.69) is 39.8 Å². The lowest BCUT2D eigenvalue weighted by Gasteiger charge is -2.20. The first-order valence-corrected chi connectivity index (χ1v) is 7.11. The van der Waals surface area contributed by atoms with E-state index in [1.54, 1.807) is 0 Å². The summed E-state index contributed by atoms with van der Waals surface area (Å²) in [4.78, 5) is 11.4. The van der Waals surface area contributed by atoms with Crippen LogP contribution in [0.1, 0.15) is 61.9 Å². The quantitative estimate of drug-likeness (QED) is 0.893. The fourth-order valence-corrected chi connectivity index (χ4v) is 2.59. The molecule has 1 aromatic carbocycles. The molecule has 0 aliphatic carbocycles. The van der Waals surface area contributed by atoms with Crippen molar-refractivity contribution in [3.63, 3.8) is 0 Å². The number of hydrogen-bond acceptors (Lipinski definition) is 2. The summed E-state index contributed by atoms with van der Waals surface area (Å²) in [6.45, 7) is 10.4. The summed E-state index contributed by atoms with van der Waals surface area (Å²) in [5.74, 6) is -0.905. The van der Waals surface area contributed by atoms with Gasteiger partial charge in [-0.15, -0.1) is 0 Å². The van der Waals surface area contributed by atoms with Crippen molar-refractivity contribution in [3.05, 3.63) is 34.6 Å². The standard InChI is InChI=1S/C17H22O3/c1-6-10-8-12-11(7-2)15(16(18)19)20-14(12)13(9-10)17(3,4)5/h8-9H,6-7H2,1-5H3,(H,18,19). The third-order valence-electron chi connectivity index (χ3n) is 3.72. The summed E-state index contributed by atoms with van der Waals surface area (Å²) in [5.41, 5.74) is 3.74. The van der Waals surface area contributed by atoms with Gasteiger partial charge < -0.3 is 9.52 Å². The van der Waals surface area contributed by atoms with Crippen LogP contribution < -0.4 is 0 Å². The number of aromatic carboxylic acids is 1. The number of carbonyl (C=O) groups is 1. The molecule has 3 nitrogen and oxygen atoms in total. The minimum absolute atomic E-state index is 0.0813. The molecule has 0 aliphatic rings. The van der Waals surface area contributed by atoms with Gasteiger partial charge in [-0.3, -0.25) is 0 Å². The summed E-state index contributed by atoms with van der Waals surface area (Å²) >= 11 is 0. The fourth-order valence-electron chi connectivity index (χ4n) is 2.59. The van der Waals surface area contributed by atoms with Crippen molar-refractivity contribution in [2.45, 2.75) is 52.9 Å². The zero-order valence-corrected chi connectivity index (χ0v) is 12.8. The van der Waals surface area contributed by atoms with Crippen molar-refractivity contribution in [1.29, 1.82) is 0 Å². The highest BCUT2D eigenvalue weighted by molar-refractivity contribution is 5.96. The first-order valence-electron chi connectivity index (χ1n) is 7.11.